The molecule has 33 heavy (non-hydrogen) atoms. The number of hydrogen-bond donors (Lipinski definition) is 1. The van der Waals surface area contributed by atoms with E-state index in [0.717, 1.165) is 60.3 Å². The van der Waals surface area contributed by atoms with Crippen molar-refractivity contribution >= 4 is 39.9 Å². The van der Waals surface area contributed by atoms with E-state index in [9.17, 15) is 5.11 Å². The number of rotatable bonds is 5. The van der Waals surface area contributed by atoms with E-state index < -0.39 is 0 Å². The Hall–Kier alpha value is -1.99. The van der Waals surface area contributed by atoms with Crippen molar-refractivity contribution in [3.05, 3.63) is 57.5 Å². The van der Waals surface area contributed by atoms with Crippen molar-refractivity contribution in [3.63, 3.8) is 0 Å². The summed E-state index contributed by atoms with van der Waals surface area (Å²) in [5, 5.41) is 15.7. The summed E-state index contributed by atoms with van der Waals surface area (Å²) in [6.45, 7) is 5.37. The number of fused-ring (bicyclic) bond motifs is 1. The minimum absolute atomic E-state index is 0.106. The number of aliphatic hydroxyl groups is 1. The highest BCUT2D eigenvalue weighted by Crippen LogP contribution is 2.34. The van der Waals surface area contributed by atoms with Crippen LogP contribution in [0.4, 0.5) is 0 Å². The van der Waals surface area contributed by atoms with E-state index in [4.69, 9.17) is 38.3 Å². The molecule has 2 aliphatic rings. The normalized spacial score (nSPS) is 22.6. The number of halogens is 2. The smallest absolute Gasteiger partial charge is 0.178 e. The average Bonchev–Trinajstić information content (AvgIpc) is 3.43. The van der Waals surface area contributed by atoms with Crippen LogP contribution in [0.15, 0.2) is 30.5 Å². The lowest BCUT2D eigenvalue weighted by Crippen LogP contribution is -2.41. The molecule has 1 N–H and O–H groups in total. The van der Waals surface area contributed by atoms with Gasteiger partial charge in [-0.15, -0.1) is 0 Å². The molecule has 5 rings (SSSR count). The molecule has 3 aromatic rings. The fraction of sp³-hybridized carbons (Fsp3) is 0.480. The molecule has 174 valence electrons. The summed E-state index contributed by atoms with van der Waals surface area (Å²) >= 11 is 12.6. The molecule has 0 radical (unpaired) electrons. The summed E-state index contributed by atoms with van der Waals surface area (Å²) in [7, 11) is 0. The van der Waals surface area contributed by atoms with Crippen molar-refractivity contribution in [2.24, 2.45) is 0 Å². The molecule has 0 saturated carbocycles. The van der Waals surface area contributed by atoms with Gasteiger partial charge >= 0.3 is 0 Å². The topological polar surface area (TPSA) is 67.1 Å². The number of aliphatic hydroxyl groups excluding tert-OH is 1. The third-order valence-electron chi connectivity index (χ3n) is 7.17. The third-order valence-corrected chi connectivity index (χ3v) is 7.73. The Morgan fingerprint density at radius 1 is 1.24 bits per heavy atom. The predicted molar refractivity (Wildman–Crippen MR) is 133 cm³/mol. The highest BCUT2D eigenvalue weighted by molar-refractivity contribution is 6.35. The zero-order valence-corrected chi connectivity index (χ0v) is 20.5. The van der Waals surface area contributed by atoms with Crippen molar-refractivity contribution in [2.45, 2.75) is 64.1 Å². The second-order valence-electron chi connectivity index (χ2n) is 9.17. The lowest BCUT2D eigenvalue weighted by atomic mass is 9.92. The van der Waals surface area contributed by atoms with Crippen LogP contribution in [0.25, 0.3) is 16.7 Å². The Morgan fingerprint density at radius 2 is 2.09 bits per heavy atom. The van der Waals surface area contributed by atoms with Crippen molar-refractivity contribution in [3.8, 4) is 0 Å². The first kappa shape index (κ1) is 22.8. The molecule has 1 unspecified atom stereocenters. The quantitative estimate of drug-likeness (QED) is 0.520. The molecule has 1 aliphatic carbocycles. The van der Waals surface area contributed by atoms with Crippen LogP contribution in [0.5, 0.6) is 0 Å². The molecule has 1 saturated heterocycles. The lowest BCUT2D eigenvalue weighted by Gasteiger charge is -2.34. The first-order chi connectivity index (χ1) is 16.0. The monoisotopic (exact) mass is 485 g/mol. The number of benzene rings is 1. The number of hydrogen-bond acceptors (Lipinski definition) is 5. The van der Waals surface area contributed by atoms with Gasteiger partial charge in [-0.2, -0.15) is 5.10 Å². The fourth-order valence-corrected chi connectivity index (χ4v) is 5.90. The van der Waals surface area contributed by atoms with Gasteiger partial charge in [0.15, 0.2) is 5.65 Å². The molecule has 1 aromatic carbocycles. The van der Waals surface area contributed by atoms with E-state index in [1.165, 1.54) is 12.0 Å². The van der Waals surface area contributed by atoms with Crippen LogP contribution in [-0.4, -0.2) is 55.0 Å². The van der Waals surface area contributed by atoms with E-state index in [1.54, 1.807) is 6.07 Å². The minimum atomic E-state index is -0.106. The SMILES string of the molecule is Cc1nn([C@H](C)c2ccc(Cl)cc2Cl)c2nc(C3=CCC(N4CCC[C@H]4CO)CC3)cnc12. The Bertz CT molecular complexity index is 1210. The van der Waals surface area contributed by atoms with Crippen LogP contribution >= 0.6 is 23.2 Å². The highest BCUT2D eigenvalue weighted by Gasteiger charge is 2.31. The van der Waals surface area contributed by atoms with Gasteiger partial charge in [-0.1, -0.05) is 35.3 Å². The maximum Gasteiger partial charge on any atom is 0.178 e. The second-order valence-corrected chi connectivity index (χ2v) is 10.0. The standard InChI is InChI=1S/C25H29Cl2N5O/c1-15-24-25(32(30-15)16(2)21-10-7-18(26)12-22(21)27)29-23(13-28-24)17-5-8-19(9-6-17)31-11-3-4-20(31)14-33/h5,7,10,12-13,16,19-20,33H,3-4,6,8-9,11,14H2,1-2H3/t16-,19?,20+/m1/s1. The molecule has 0 amide bonds. The van der Waals surface area contributed by atoms with E-state index in [1.807, 2.05) is 29.9 Å². The maximum atomic E-state index is 9.69. The summed E-state index contributed by atoms with van der Waals surface area (Å²) < 4.78 is 1.92. The average molecular weight is 486 g/mol. The van der Waals surface area contributed by atoms with Crippen molar-refractivity contribution in [1.29, 1.82) is 0 Å². The number of nitrogens with zero attached hydrogens (tertiary/aromatic N) is 5. The molecule has 3 heterocycles. The Morgan fingerprint density at radius 3 is 2.82 bits per heavy atom. The molecule has 6 nitrogen and oxygen atoms in total. The van der Waals surface area contributed by atoms with Crippen LogP contribution in [0.2, 0.25) is 10.0 Å². The summed E-state index contributed by atoms with van der Waals surface area (Å²) in [6, 6.07) is 6.27. The molecule has 2 aromatic heterocycles. The van der Waals surface area contributed by atoms with Gasteiger partial charge in [-0.05, 0) is 75.8 Å². The van der Waals surface area contributed by atoms with Crippen LogP contribution in [0, 0.1) is 6.92 Å². The second kappa shape index (κ2) is 9.34. The minimum Gasteiger partial charge on any atom is -0.395 e. The Labute approximate surface area is 204 Å². The Kier molecular flexibility index (Phi) is 6.45. The molecule has 8 heteroatoms. The molecular weight excluding hydrogens is 457 g/mol. The van der Waals surface area contributed by atoms with Gasteiger partial charge in [0, 0.05) is 22.1 Å². The molecule has 1 fully saturated rings. The van der Waals surface area contributed by atoms with Crippen molar-refractivity contribution < 1.29 is 5.11 Å². The molecule has 3 atom stereocenters. The summed E-state index contributed by atoms with van der Waals surface area (Å²) in [6.07, 6.45) is 9.50. The first-order valence-corrected chi connectivity index (χ1v) is 12.4. The number of aryl methyl sites for hydroxylation is 1. The van der Waals surface area contributed by atoms with Crippen LogP contribution in [-0.2, 0) is 0 Å². The van der Waals surface area contributed by atoms with Crippen LogP contribution in [0.1, 0.15) is 62.0 Å². The zero-order chi connectivity index (χ0) is 23.1. The van der Waals surface area contributed by atoms with Gasteiger partial charge in [-0.3, -0.25) is 4.90 Å². The van der Waals surface area contributed by atoms with Crippen molar-refractivity contribution in [1.82, 2.24) is 24.6 Å². The molecule has 0 bridgehead atoms. The van der Waals surface area contributed by atoms with Gasteiger partial charge < -0.3 is 5.11 Å². The Balaban J connectivity index is 1.44. The van der Waals surface area contributed by atoms with Gasteiger partial charge in [0.05, 0.1) is 30.2 Å². The van der Waals surface area contributed by atoms with E-state index >= 15 is 0 Å². The number of allylic oxidation sites excluding steroid dienone is 1. The summed E-state index contributed by atoms with van der Waals surface area (Å²) in [4.78, 5) is 12.2. The van der Waals surface area contributed by atoms with E-state index in [2.05, 4.69) is 17.9 Å². The van der Waals surface area contributed by atoms with Crippen molar-refractivity contribution in [2.75, 3.05) is 13.2 Å². The number of aromatic nitrogens is 4. The summed E-state index contributed by atoms with van der Waals surface area (Å²) in [5.41, 5.74) is 5.53. The third kappa shape index (κ3) is 4.30. The summed E-state index contributed by atoms with van der Waals surface area (Å²) in [5.74, 6) is 0. The lowest BCUT2D eigenvalue weighted by molar-refractivity contribution is 0.114. The zero-order valence-electron chi connectivity index (χ0n) is 19.0. The molecule has 0 spiro atoms. The van der Waals surface area contributed by atoms with Gasteiger partial charge in [0.1, 0.15) is 5.52 Å². The van der Waals surface area contributed by atoms with Gasteiger partial charge in [-0.25, -0.2) is 14.6 Å². The molecular formula is C25H29Cl2N5O. The van der Waals surface area contributed by atoms with Gasteiger partial charge in [0.2, 0.25) is 0 Å². The fourth-order valence-electron chi connectivity index (χ4n) is 5.34. The van der Waals surface area contributed by atoms with Crippen LogP contribution in [0.3, 0.4) is 0 Å². The predicted octanol–water partition coefficient (Wildman–Crippen LogP) is 5.44. The van der Waals surface area contributed by atoms with Crippen LogP contribution < -0.4 is 0 Å². The van der Waals surface area contributed by atoms with Gasteiger partial charge in [0.25, 0.3) is 0 Å². The van der Waals surface area contributed by atoms with E-state index in [-0.39, 0.29) is 12.6 Å². The highest BCUT2D eigenvalue weighted by atomic mass is 35.5. The number of likely N-dealkylation sites (tertiary alicyclic amines) is 1. The van der Waals surface area contributed by atoms with E-state index in [0.29, 0.717) is 22.1 Å². The maximum absolute atomic E-state index is 9.69. The molecule has 1 aliphatic heterocycles. The largest absolute Gasteiger partial charge is 0.395 e. The first-order valence-electron chi connectivity index (χ1n) is 11.7.